The lowest BCUT2D eigenvalue weighted by atomic mass is 10.1. The molecule has 0 aliphatic carbocycles. The summed E-state index contributed by atoms with van der Waals surface area (Å²) in [6.45, 7) is 3.56. The van der Waals surface area contributed by atoms with E-state index in [4.69, 9.17) is 0 Å². The number of nitrogens with zero attached hydrogens (tertiary/aromatic N) is 2. The Morgan fingerprint density at radius 3 is 2.32 bits per heavy atom. The van der Waals surface area contributed by atoms with Crippen LogP contribution < -0.4 is 5.32 Å². The first kappa shape index (κ1) is 20.0. The minimum Gasteiger partial charge on any atom is -0.322 e. The Bertz CT molecular complexity index is 1030. The van der Waals surface area contributed by atoms with Crippen molar-refractivity contribution in [1.82, 2.24) is 9.97 Å². The Hall–Kier alpha value is -2.74. The van der Waals surface area contributed by atoms with Crippen LogP contribution in [-0.2, 0) is 6.18 Å². The van der Waals surface area contributed by atoms with Gasteiger partial charge in [-0.2, -0.15) is 13.2 Å². The van der Waals surface area contributed by atoms with E-state index in [1.807, 2.05) is 19.1 Å². The summed E-state index contributed by atoms with van der Waals surface area (Å²) in [5.41, 5.74) is 2.02. The van der Waals surface area contributed by atoms with Crippen LogP contribution in [0.25, 0.3) is 11.4 Å². The van der Waals surface area contributed by atoms with Crippen LogP contribution >= 0.6 is 15.9 Å². The fraction of sp³-hybridized carbons (Fsp3) is 0.150. The van der Waals surface area contributed by atoms with E-state index in [1.165, 1.54) is 18.3 Å². The van der Waals surface area contributed by atoms with Gasteiger partial charge in [0, 0.05) is 21.9 Å². The molecule has 4 nitrogen and oxygen atoms in total. The fourth-order valence-corrected chi connectivity index (χ4v) is 2.80. The molecule has 0 spiro atoms. The second kappa shape index (κ2) is 7.71. The third-order valence-corrected chi connectivity index (χ3v) is 5.00. The number of amides is 1. The lowest BCUT2D eigenvalue weighted by molar-refractivity contribution is -0.137. The molecule has 0 bridgehead atoms. The molecule has 0 radical (unpaired) electrons. The van der Waals surface area contributed by atoms with Gasteiger partial charge in [-0.1, -0.05) is 28.1 Å². The Morgan fingerprint density at radius 1 is 1.07 bits per heavy atom. The lowest BCUT2D eigenvalue weighted by Crippen LogP contribution is -2.15. The smallest absolute Gasteiger partial charge is 0.322 e. The van der Waals surface area contributed by atoms with Gasteiger partial charge in [0.15, 0.2) is 5.82 Å². The number of alkyl halides is 3. The van der Waals surface area contributed by atoms with Crippen LogP contribution in [0.2, 0.25) is 0 Å². The van der Waals surface area contributed by atoms with Crippen molar-refractivity contribution in [2.45, 2.75) is 20.0 Å². The van der Waals surface area contributed by atoms with Gasteiger partial charge in [-0.25, -0.2) is 9.97 Å². The van der Waals surface area contributed by atoms with Crippen LogP contribution in [0.15, 0.2) is 53.1 Å². The average molecular weight is 450 g/mol. The molecular formula is C20H15BrF3N3O. The van der Waals surface area contributed by atoms with E-state index in [0.29, 0.717) is 16.9 Å². The van der Waals surface area contributed by atoms with E-state index in [0.717, 1.165) is 22.2 Å². The third kappa shape index (κ3) is 4.39. The van der Waals surface area contributed by atoms with Crippen LogP contribution in [0.3, 0.4) is 0 Å². The average Bonchev–Trinajstić information content (AvgIpc) is 2.64. The van der Waals surface area contributed by atoms with E-state index < -0.39 is 11.7 Å². The maximum atomic E-state index is 12.7. The highest BCUT2D eigenvalue weighted by atomic mass is 79.9. The van der Waals surface area contributed by atoms with Crippen molar-refractivity contribution >= 4 is 27.5 Å². The molecule has 3 aromatic rings. The Labute approximate surface area is 168 Å². The van der Waals surface area contributed by atoms with Gasteiger partial charge in [-0.15, -0.1) is 0 Å². The number of benzene rings is 2. The van der Waals surface area contributed by atoms with Crippen molar-refractivity contribution in [2.24, 2.45) is 0 Å². The Morgan fingerprint density at radius 2 is 1.75 bits per heavy atom. The largest absolute Gasteiger partial charge is 0.416 e. The summed E-state index contributed by atoms with van der Waals surface area (Å²) < 4.78 is 39.0. The van der Waals surface area contributed by atoms with Gasteiger partial charge in [0.2, 0.25) is 0 Å². The number of carbonyl (C=O) groups excluding carboxylic acids is 1. The molecule has 0 atom stereocenters. The molecule has 28 heavy (non-hydrogen) atoms. The first-order chi connectivity index (χ1) is 13.1. The Kier molecular flexibility index (Phi) is 5.51. The highest BCUT2D eigenvalue weighted by Crippen LogP contribution is 2.30. The van der Waals surface area contributed by atoms with E-state index in [2.05, 4.69) is 31.2 Å². The number of anilines is 1. The molecule has 1 aromatic heterocycles. The normalized spacial score (nSPS) is 11.4. The zero-order valence-corrected chi connectivity index (χ0v) is 16.5. The minimum atomic E-state index is -4.40. The molecule has 0 saturated carbocycles. The summed E-state index contributed by atoms with van der Waals surface area (Å²) >= 11 is 3.40. The highest BCUT2D eigenvalue weighted by molar-refractivity contribution is 9.10. The number of rotatable bonds is 3. The standard InChI is InChI=1S/C20H15BrF3N3O/c1-11-9-15(7-8-17(11)21)27-19(28)16-10-25-18(26-12(16)2)13-3-5-14(6-4-13)20(22,23)24/h3-10H,1-2H3,(H,27,28). The maximum absolute atomic E-state index is 12.7. The topological polar surface area (TPSA) is 54.9 Å². The molecule has 8 heteroatoms. The Balaban J connectivity index is 1.81. The summed E-state index contributed by atoms with van der Waals surface area (Å²) in [5.74, 6) is -0.111. The van der Waals surface area contributed by atoms with Crippen molar-refractivity contribution < 1.29 is 18.0 Å². The predicted octanol–water partition coefficient (Wildman–Crippen LogP) is 5.79. The molecular weight excluding hydrogens is 435 g/mol. The van der Waals surface area contributed by atoms with Crippen molar-refractivity contribution in [1.29, 1.82) is 0 Å². The van der Waals surface area contributed by atoms with Gasteiger partial charge in [0.1, 0.15) is 0 Å². The second-order valence-electron chi connectivity index (χ2n) is 6.19. The number of aryl methyl sites for hydroxylation is 2. The van der Waals surface area contributed by atoms with Crippen molar-refractivity contribution in [3.8, 4) is 11.4 Å². The van der Waals surface area contributed by atoms with Gasteiger partial charge in [-0.05, 0) is 49.7 Å². The molecule has 144 valence electrons. The molecule has 3 rings (SSSR count). The zero-order chi connectivity index (χ0) is 20.5. The predicted molar refractivity (Wildman–Crippen MR) is 104 cm³/mol. The first-order valence-electron chi connectivity index (χ1n) is 8.24. The molecule has 0 fully saturated rings. The van der Waals surface area contributed by atoms with E-state index in [-0.39, 0.29) is 17.3 Å². The lowest BCUT2D eigenvalue weighted by Gasteiger charge is -2.10. The molecule has 2 aromatic carbocycles. The molecule has 1 N–H and O–H groups in total. The number of hydrogen-bond acceptors (Lipinski definition) is 3. The van der Waals surface area contributed by atoms with E-state index in [9.17, 15) is 18.0 Å². The van der Waals surface area contributed by atoms with E-state index in [1.54, 1.807) is 13.0 Å². The van der Waals surface area contributed by atoms with Crippen LogP contribution in [0, 0.1) is 13.8 Å². The second-order valence-corrected chi connectivity index (χ2v) is 7.04. The SMILES string of the molecule is Cc1cc(NC(=O)c2cnc(-c3ccc(C(F)(F)F)cc3)nc2C)ccc1Br. The van der Waals surface area contributed by atoms with Gasteiger partial charge in [0.25, 0.3) is 5.91 Å². The maximum Gasteiger partial charge on any atom is 0.416 e. The number of nitrogens with one attached hydrogen (secondary N) is 1. The van der Waals surface area contributed by atoms with Crippen molar-refractivity contribution in [3.05, 3.63) is 75.5 Å². The first-order valence-corrected chi connectivity index (χ1v) is 9.03. The highest BCUT2D eigenvalue weighted by Gasteiger charge is 2.30. The van der Waals surface area contributed by atoms with Crippen LogP contribution in [-0.4, -0.2) is 15.9 Å². The van der Waals surface area contributed by atoms with Gasteiger partial charge in [0.05, 0.1) is 16.8 Å². The van der Waals surface area contributed by atoms with Crippen molar-refractivity contribution in [2.75, 3.05) is 5.32 Å². The fourth-order valence-electron chi connectivity index (χ4n) is 2.56. The molecule has 0 aliphatic rings. The van der Waals surface area contributed by atoms with Gasteiger partial charge < -0.3 is 5.32 Å². The van der Waals surface area contributed by atoms with Crippen LogP contribution in [0.4, 0.5) is 18.9 Å². The third-order valence-electron chi connectivity index (χ3n) is 4.11. The minimum absolute atomic E-state index is 0.252. The summed E-state index contributed by atoms with van der Waals surface area (Å²) in [5, 5.41) is 2.79. The number of carbonyl (C=O) groups is 1. The molecule has 0 unspecified atom stereocenters. The zero-order valence-electron chi connectivity index (χ0n) is 14.9. The number of aromatic nitrogens is 2. The van der Waals surface area contributed by atoms with Crippen LogP contribution in [0.1, 0.15) is 27.2 Å². The molecule has 0 saturated heterocycles. The summed E-state index contributed by atoms with van der Waals surface area (Å²) in [6, 6.07) is 10.00. The number of halogens is 4. The number of hydrogen-bond donors (Lipinski definition) is 1. The monoisotopic (exact) mass is 449 g/mol. The van der Waals surface area contributed by atoms with Gasteiger partial charge >= 0.3 is 6.18 Å². The molecule has 0 aliphatic heterocycles. The van der Waals surface area contributed by atoms with Crippen LogP contribution in [0.5, 0.6) is 0 Å². The van der Waals surface area contributed by atoms with E-state index >= 15 is 0 Å². The summed E-state index contributed by atoms with van der Waals surface area (Å²) in [4.78, 5) is 20.9. The summed E-state index contributed by atoms with van der Waals surface area (Å²) in [6.07, 6.45) is -3.03. The molecule has 1 amide bonds. The quantitative estimate of drug-likeness (QED) is 0.550. The molecule has 1 heterocycles. The summed E-state index contributed by atoms with van der Waals surface area (Å²) in [7, 11) is 0. The van der Waals surface area contributed by atoms with Gasteiger partial charge in [-0.3, -0.25) is 4.79 Å². The van der Waals surface area contributed by atoms with Crippen molar-refractivity contribution in [3.63, 3.8) is 0 Å².